The van der Waals surface area contributed by atoms with Gasteiger partial charge in [0.15, 0.2) is 0 Å². The Morgan fingerprint density at radius 2 is 1.90 bits per heavy atom. The largest absolute Gasteiger partial charge is 0.507 e. The van der Waals surface area contributed by atoms with Gasteiger partial charge in [0.05, 0.1) is 5.56 Å². The van der Waals surface area contributed by atoms with Crippen molar-refractivity contribution in [3.05, 3.63) is 52.0 Å². The zero-order valence-corrected chi connectivity index (χ0v) is 12.4. The molecule has 1 aromatic heterocycles. The summed E-state index contributed by atoms with van der Waals surface area (Å²) in [6.45, 7) is 0. The molecular formula is C14H8BrClN2O2. The van der Waals surface area contributed by atoms with Crippen molar-refractivity contribution >= 4 is 27.5 Å². The Labute approximate surface area is 128 Å². The highest BCUT2D eigenvalue weighted by Crippen LogP contribution is 2.32. The lowest BCUT2D eigenvalue weighted by atomic mass is 10.2. The predicted octanol–water partition coefficient (Wildman–Crippen LogP) is 4.53. The first kappa shape index (κ1) is 13.1. The fraction of sp³-hybridized carbons (Fsp3) is 0. The van der Waals surface area contributed by atoms with Crippen LogP contribution in [0, 0.1) is 0 Å². The molecule has 0 saturated carbocycles. The van der Waals surface area contributed by atoms with Crippen LogP contribution in [0.5, 0.6) is 5.75 Å². The number of hydrogen-bond acceptors (Lipinski definition) is 4. The lowest BCUT2D eigenvalue weighted by Crippen LogP contribution is -1.83. The second kappa shape index (κ2) is 5.26. The summed E-state index contributed by atoms with van der Waals surface area (Å²) in [5.41, 5.74) is 1.26. The van der Waals surface area contributed by atoms with Crippen molar-refractivity contribution in [1.29, 1.82) is 0 Å². The van der Waals surface area contributed by atoms with Gasteiger partial charge in [0.25, 0.3) is 5.89 Å². The number of phenolic OH excluding ortho intramolecular Hbond substituents is 1. The first-order valence-electron chi connectivity index (χ1n) is 5.72. The molecule has 3 rings (SSSR count). The topological polar surface area (TPSA) is 59.2 Å². The van der Waals surface area contributed by atoms with Crippen LogP contribution < -0.4 is 0 Å². The number of benzene rings is 2. The maximum absolute atomic E-state index is 9.86. The van der Waals surface area contributed by atoms with E-state index in [0.29, 0.717) is 16.4 Å². The van der Waals surface area contributed by atoms with Crippen LogP contribution >= 0.6 is 27.5 Å². The first-order chi connectivity index (χ1) is 9.65. The molecule has 1 heterocycles. The van der Waals surface area contributed by atoms with Crippen molar-refractivity contribution in [3.63, 3.8) is 0 Å². The molecule has 6 heteroatoms. The molecule has 0 spiro atoms. The van der Waals surface area contributed by atoms with E-state index in [9.17, 15) is 5.11 Å². The standard InChI is InChI=1S/C14H8BrClN2O2/c15-11-4-2-1-3-9(11)13-17-14(20-18-13)10-6-5-8(16)7-12(10)19/h1-7,19H. The molecule has 2 aromatic carbocycles. The summed E-state index contributed by atoms with van der Waals surface area (Å²) in [5, 5.41) is 14.2. The molecule has 0 radical (unpaired) electrons. The SMILES string of the molecule is Oc1cc(Cl)ccc1-c1nc(-c2ccccc2Br)no1. The van der Waals surface area contributed by atoms with Gasteiger partial charge in [-0.2, -0.15) is 4.98 Å². The van der Waals surface area contributed by atoms with E-state index in [-0.39, 0.29) is 11.6 Å². The molecule has 4 nitrogen and oxygen atoms in total. The number of aromatic nitrogens is 2. The van der Waals surface area contributed by atoms with Crippen molar-refractivity contribution in [1.82, 2.24) is 10.1 Å². The Morgan fingerprint density at radius 3 is 2.65 bits per heavy atom. The third-order valence-corrected chi connectivity index (χ3v) is 3.66. The van der Waals surface area contributed by atoms with Gasteiger partial charge in [0.1, 0.15) is 5.75 Å². The molecule has 100 valence electrons. The number of hydrogen-bond donors (Lipinski definition) is 1. The smallest absolute Gasteiger partial charge is 0.262 e. The summed E-state index contributed by atoms with van der Waals surface area (Å²) in [7, 11) is 0. The summed E-state index contributed by atoms with van der Waals surface area (Å²) in [6.07, 6.45) is 0. The molecule has 0 saturated heterocycles. The maximum Gasteiger partial charge on any atom is 0.262 e. The molecule has 20 heavy (non-hydrogen) atoms. The van der Waals surface area contributed by atoms with Gasteiger partial charge in [-0.1, -0.05) is 44.8 Å². The molecule has 0 unspecified atom stereocenters. The second-order valence-corrected chi connectivity index (χ2v) is 5.36. The molecule has 0 aliphatic heterocycles. The van der Waals surface area contributed by atoms with Crippen molar-refractivity contribution in [2.24, 2.45) is 0 Å². The summed E-state index contributed by atoms with van der Waals surface area (Å²) in [5.74, 6) is 0.687. The molecular weight excluding hydrogens is 344 g/mol. The molecule has 0 aliphatic rings. The van der Waals surface area contributed by atoms with Crippen LogP contribution in [-0.4, -0.2) is 15.2 Å². The number of nitrogens with zero attached hydrogens (tertiary/aromatic N) is 2. The van der Waals surface area contributed by atoms with E-state index in [1.165, 1.54) is 6.07 Å². The van der Waals surface area contributed by atoms with Crippen molar-refractivity contribution in [2.75, 3.05) is 0 Å². The van der Waals surface area contributed by atoms with Gasteiger partial charge in [-0.25, -0.2) is 0 Å². The molecule has 0 atom stereocenters. The maximum atomic E-state index is 9.86. The monoisotopic (exact) mass is 350 g/mol. The zero-order chi connectivity index (χ0) is 14.1. The van der Waals surface area contributed by atoms with Gasteiger partial charge in [0, 0.05) is 15.1 Å². The Bertz CT molecular complexity index is 773. The van der Waals surface area contributed by atoms with E-state index in [1.807, 2.05) is 24.3 Å². The molecule has 0 amide bonds. The lowest BCUT2D eigenvalue weighted by molar-refractivity contribution is 0.425. The quantitative estimate of drug-likeness (QED) is 0.737. The van der Waals surface area contributed by atoms with Crippen LogP contribution in [0.25, 0.3) is 22.8 Å². The molecule has 0 aliphatic carbocycles. The average Bonchev–Trinajstić information content (AvgIpc) is 2.88. The lowest BCUT2D eigenvalue weighted by Gasteiger charge is -1.99. The minimum atomic E-state index is -0.000160. The molecule has 1 N–H and O–H groups in total. The Balaban J connectivity index is 2.04. The normalized spacial score (nSPS) is 10.7. The first-order valence-corrected chi connectivity index (χ1v) is 6.90. The van der Waals surface area contributed by atoms with Crippen LogP contribution in [0.4, 0.5) is 0 Å². The number of halogens is 2. The minimum absolute atomic E-state index is 0.000160. The Morgan fingerprint density at radius 1 is 1.10 bits per heavy atom. The van der Waals surface area contributed by atoms with Crippen LogP contribution in [-0.2, 0) is 0 Å². The van der Waals surface area contributed by atoms with Crippen molar-refractivity contribution in [2.45, 2.75) is 0 Å². The Hall–Kier alpha value is -1.85. The van der Waals surface area contributed by atoms with E-state index < -0.39 is 0 Å². The average molecular weight is 352 g/mol. The summed E-state index contributed by atoms with van der Waals surface area (Å²) < 4.78 is 6.06. The van der Waals surface area contributed by atoms with Crippen LogP contribution in [0.15, 0.2) is 51.5 Å². The second-order valence-electron chi connectivity index (χ2n) is 4.06. The van der Waals surface area contributed by atoms with Crippen LogP contribution in [0.1, 0.15) is 0 Å². The molecule has 0 fully saturated rings. The highest BCUT2D eigenvalue weighted by atomic mass is 79.9. The van der Waals surface area contributed by atoms with Gasteiger partial charge in [0.2, 0.25) is 5.82 Å². The number of aromatic hydroxyl groups is 1. The van der Waals surface area contributed by atoms with Gasteiger partial charge in [-0.05, 0) is 30.3 Å². The van der Waals surface area contributed by atoms with Crippen LogP contribution in [0.2, 0.25) is 5.02 Å². The highest BCUT2D eigenvalue weighted by molar-refractivity contribution is 9.10. The summed E-state index contributed by atoms with van der Waals surface area (Å²) in [4.78, 5) is 4.29. The van der Waals surface area contributed by atoms with E-state index in [4.69, 9.17) is 16.1 Å². The van der Waals surface area contributed by atoms with Gasteiger partial charge < -0.3 is 9.63 Å². The predicted molar refractivity (Wildman–Crippen MR) is 79.5 cm³/mol. The summed E-state index contributed by atoms with van der Waals surface area (Å²) in [6, 6.07) is 12.3. The minimum Gasteiger partial charge on any atom is -0.507 e. The van der Waals surface area contributed by atoms with E-state index in [0.717, 1.165) is 10.0 Å². The van der Waals surface area contributed by atoms with Crippen molar-refractivity contribution < 1.29 is 9.63 Å². The van der Waals surface area contributed by atoms with Gasteiger partial charge >= 0.3 is 0 Å². The fourth-order valence-electron chi connectivity index (χ4n) is 1.77. The van der Waals surface area contributed by atoms with Gasteiger partial charge in [-0.15, -0.1) is 0 Å². The molecule has 0 bridgehead atoms. The zero-order valence-electron chi connectivity index (χ0n) is 10.0. The highest BCUT2D eigenvalue weighted by Gasteiger charge is 2.15. The van der Waals surface area contributed by atoms with Crippen molar-refractivity contribution in [3.8, 4) is 28.6 Å². The number of phenols is 1. The third kappa shape index (κ3) is 2.42. The summed E-state index contributed by atoms with van der Waals surface area (Å²) >= 11 is 9.23. The van der Waals surface area contributed by atoms with E-state index in [2.05, 4.69) is 26.1 Å². The third-order valence-electron chi connectivity index (χ3n) is 2.73. The van der Waals surface area contributed by atoms with E-state index in [1.54, 1.807) is 12.1 Å². The Kier molecular flexibility index (Phi) is 3.46. The van der Waals surface area contributed by atoms with E-state index >= 15 is 0 Å². The van der Waals surface area contributed by atoms with Crippen LogP contribution in [0.3, 0.4) is 0 Å². The van der Waals surface area contributed by atoms with Gasteiger partial charge in [-0.3, -0.25) is 0 Å². The fourth-order valence-corrected chi connectivity index (χ4v) is 2.40. The molecule has 3 aromatic rings. The number of rotatable bonds is 2.